The maximum absolute atomic E-state index is 6.12. The van der Waals surface area contributed by atoms with Crippen LogP contribution in [0.5, 0.6) is 0 Å². The van der Waals surface area contributed by atoms with E-state index in [1.165, 1.54) is 5.56 Å². The Kier molecular flexibility index (Phi) is 4.77. The van der Waals surface area contributed by atoms with Crippen molar-refractivity contribution in [3.05, 3.63) is 46.9 Å². The largest absolute Gasteiger partial charge is 0.233 e. The van der Waals surface area contributed by atoms with Crippen LogP contribution in [0.1, 0.15) is 45.0 Å². The molecular weight excluding hydrogens is 268 g/mol. The Morgan fingerprint density at radius 1 is 1.05 bits per heavy atom. The Bertz CT molecular complexity index is 591. The molecule has 1 heterocycles. The molecule has 0 spiro atoms. The standard InChI is InChI=1S/C17H21ClN2/c1-11(2)8-13-6-5-7-14(9-13)15-10-16(18)20-17(19-15)12(3)4/h5-7,9-12H,8H2,1-4H3. The van der Waals surface area contributed by atoms with Crippen LogP contribution in [0.3, 0.4) is 0 Å². The zero-order valence-corrected chi connectivity index (χ0v) is 13.3. The van der Waals surface area contributed by atoms with Crippen LogP contribution in [0.2, 0.25) is 5.15 Å². The summed E-state index contributed by atoms with van der Waals surface area (Å²) in [6, 6.07) is 10.4. The Balaban J connectivity index is 2.40. The minimum atomic E-state index is 0.270. The van der Waals surface area contributed by atoms with Crippen LogP contribution in [-0.2, 0) is 6.42 Å². The third-order valence-corrected chi connectivity index (χ3v) is 3.29. The predicted molar refractivity (Wildman–Crippen MR) is 85.1 cm³/mol. The van der Waals surface area contributed by atoms with Gasteiger partial charge in [0.1, 0.15) is 11.0 Å². The predicted octanol–water partition coefficient (Wildman–Crippen LogP) is 5.12. The molecular formula is C17H21ClN2. The van der Waals surface area contributed by atoms with Crippen molar-refractivity contribution in [3.8, 4) is 11.3 Å². The first kappa shape index (κ1) is 15.0. The molecule has 0 atom stereocenters. The number of benzene rings is 1. The van der Waals surface area contributed by atoms with Gasteiger partial charge in [-0.05, 0) is 24.0 Å². The van der Waals surface area contributed by atoms with Gasteiger partial charge in [0, 0.05) is 17.5 Å². The fourth-order valence-electron chi connectivity index (χ4n) is 2.17. The second-order valence-corrected chi connectivity index (χ2v) is 6.27. The molecule has 1 aromatic heterocycles. The van der Waals surface area contributed by atoms with Crippen LogP contribution in [0.25, 0.3) is 11.3 Å². The molecule has 0 bridgehead atoms. The minimum Gasteiger partial charge on any atom is -0.233 e. The monoisotopic (exact) mass is 288 g/mol. The van der Waals surface area contributed by atoms with E-state index < -0.39 is 0 Å². The molecule has 0 amide bonds. The van der Waals surface area contributed by atoms with E-state index in [-0.39, 0.29) is 5.92 Å². The number of hydrogen-bond donors (Lipinski definition) is 0. The molecule has 2 rings (SSSR count). The lowest BCUT2D eigenvalue weighted by Crippen LogP contribution is -2.00. The lowest BCUT2D eigenvalue weighted by molar-refractivity contribution is 0.647. The molecule has 106 valence electrons. The van der Waals surface area contributed by atoms with Crippen LogP contribution in [0.4, 0.5) is 0 Å². The molecule has 0 aliphatic rings. The van der Waals surface area contributed by atoms with Gasteiger partial charge < -0.3 is 0 Å². The minimum absolute atomic E-state index is 0.270. The number of rotatable bonds is 4. The summed E-state index contributed by atoms with van der Waals surface area (Å²) in [6.07, 6.45) is 1.07. The lowest BCUT2D eigenvalue weighted by atomic mass is 10.00. The van der Waals surface area contributed by atoms with Gasteiger partial charge in [-0.3, -0.25) is 0 Å². The van der Waals surface area contributed by atoms with Crippen molar-refractivity contribution >= 4 is 11.6 Å². The van der Waals surface area contributed by atoms with Crippen LogP contribution >= 0.6 is 11.6 Å². The summed E-state index contributed by atoms with van der Waals surface area (Å²) in [5.74, 6) is 1.71. The molecule has 0 fully saturated rings. The Labute approximate surface area is 126 Å². The molecule has 3 heteroatoms. The maximum atomic E-state index is 6.12. The van der Waals surface area contributed by atoms with Crippen LogP contribution in [0, 0.1) is 5.92 Å². The Hall–Kier alpha value is -1.41. The molecule has 0 saturated heterocycles. The molecule has 2 aromatic rings. The van der Waals surface area contributed by atoms with Crippen LogP contribution < -0.4 is 0 Å². The van der Waals surface area contributed by atoms with Gasteiger partial charge in [0.25, 0.3) is 0 Å². The van der Waals surface area contributed by atoms with Crippen molar-refractivity contribution < 1.29 is 0 Å². The van der Waals surface area contributed by atoms with Crippen LogP contribution in [-0.4, -0.2) is 9.97 Å². The van der Waals surface area contributed by atoms with Crippen molar-refractivity contribution in [2.75, 3.05) is 0 Å². The molecule has 0 unspecified atom stereocenters. The van der Waals surface area contributed by atoms with E-state index in [2.05, 4.69) is 61.9 Å². The number of hydrogen-bond acceptors (Lipinski definition) is 2. The Morgan fingerprint density at radius 3 is 2.45 bits per heavy atom. The quantitative estimate of drug-likeness (QED) is 0.730. The highest BCUT2D eigenvalue weighted by Crippen LogP contribution is 2.24. The van der Waals surface area contributed by atoms with Crippen molar-refractivity contribution in [2.45, 2.75) is 40.0 Å². The first-order valence-corrected chi connectivity index (χ1v) is 7.47. The van der Waals surface area contributed by atoms with E-state index in [9.17, 15) is 0 Å². The molecule has 20 heavy (non-hydrogen) atoms. The van der Waals surface area contributed by atoms with E-state index >= 15 is 0 Å². The summed E-state index contributed by atoms with van der Waals surface area (Å²) in [5.41, 5.74) is 3.34. The van der Waals surface area contributed by atoms with Gasteiger partial charge >= 0.3 is 0 Å². The smallest absolute Gasteiger partial charge is 0.133 e. The van der Waals surface area contributed by atoms with Crippen molar-refractivity contribution in [1.82, 2.24) is 9.97 Å². The average Bonchev–Trinajstić information content (AvgIpc) is 2.37. The normalized spacial score (nSPS) is 11.3. The van der Waals surface area contributed by atoms with Gasteiger partial charge in [-0.2, -0.15) is 0 Å². The first-order valence-electron chi connectivity index (χ1n) is 7.09. The second kappa shape index (κ2) is 6.36. The van der Waals surface area contributed by atoms with Crippen LogP contribution in [0.15, 0.2) is 30.3 Å². The summed E-state index contributed by atoms with van der Waals surface area (Å²) in [4.78, 5) is 8.91. The zero-order valence-electron chi connectivity index (χ0n) is 12.5. The summed E-state index contributed by atoms with van der Waals surface area (Å²) in [7, 11) is 0. The summed E-state index contributed by atoms with van der Waals surface area (Å²) < 4.78 is 0. The van der Waals surface area contributed by atoms with E-state index in [0.29, 0.717) is 11.1 Å². The third-order valence-electron chi connectivity index (χ3n) is 3.10. The molecule has 0 aliphatic heterocycles. The molecule has 2 nitrogen and oxygen atoms in total. The molecule has 1 aromatic carbocycles. The zero-order chi connectivity index (χ0) is 14.7. The molecule has 0 saturated carbocycles. The van der Waals surface area contributed by atoms with E-state index in [4.69, 9.17) is 11.6 Å². The van der Waals surface area contributed by atoms with Gasteiger partial charge in [0.2, 0.25) is 0 Å². The fraction of sp³-hybridized carbons (Fsp3) is 0.412. The molecule has 0 radical (unpaired) electrons. The number of aromatic nitrogens is 2. The van der Waals surface area contributed by atoms with Gasteiger partial charge in [-0.25, -0.2) is 9.97 Å². The third kappa shape index (κ3) is 3.80. The molecule has 0 N–H and O–H groups in total. The highest BCUT2D eigenvalue weighted by Gasteiger charge is 2.09. The van der Waals surface area contributed by atoms with Gasteiger partial charge in [0.05, 0.1) is 5.69 Å². The van der Waals surface area contributed by atoms with Gasteiger partial charge in [-0.1, -0.05) is 57.5 Å². The Morgan fingerprint density at radius 2 is 1.80 bits per heavy atom. The van der Waals surface area contributed by atoms with Gasteiger partial charge in [0.15, 0.2) is 0 Å². The van der Waals surface area contributed by atoms with E-state index in [0.717, 1.165) is 23.5 Å². The van der Waals surface area contributed by atoms with Crippen molar-refractivity contribution in [3.63, 3.8) is 0 Å². The summed E-state index contributed by atoms with van der Waals surface area (Å²) in [6.45, 7) is 8.60. The van der Waals surface area contributed by atoms with Gasteiger partial charge in [-0.15, -0.1) is 0 Å². The summed E-state index contributed by atoms with van der Waals surface area (Å²) >= 11 is 6.12. The van der Waals surface area contributed by atoms with Crippen molar-refractivity contribution in [1.29, 1.82) is 0 Å². The van der Waals surface area contributed by atoms with Crippen molar-refractivity contribution in [2.24, 2.45) is 5.92 Å². The number of nitrogens with zero attached hydrogens (tertiary/aromatic N) is 2. The maximum Gasteiger partial charge on any atom is 0.133 e. The second-order valence-electron chi connectivity index (χ2n) is 5.89. The average molecular weight is 289 g/mol. The molecule has 0 aliphatic carbocycles. The van der Waals surface area contributed by atoms with E-state index in [1.54, 1.807) is 0 Å². The highest BCUT2D eigenvalue weighted by atomic mass is 35.5. The lowest BCUT2D eigenvalue weighted by Gasteiger charge is -2.10. The first-order chi connectivity index (χ1) is 9.45. The fourth-order valence-corrected chi connectivity index (χ4v) is 2.36. The topological polar surface area (TPSA) is 25.8 Å². The van der Waals surface area contributed by atoms with E-state index in [1.807, 2.05) is 6.07 Å². The SMILES string of the molecule is CC(C)Cc1cccc(-c2cc(Cl)nc(C(C)C)n2)c1. The highest BCUT2D eigenvalue weighted by molar-refractivity contribution is 6.29. The number of halogens is 1. The summed E-state index contributed by atoms with van der Waals surface area (Å²) in [5, 5.41) is 0.507.